The minimum Gasteiger partial charge on any atom is -0.258 e. The molecule has 0 aliphatic rings. The Bertz CT molecular complexity index is 724. The second-order valence-electron chi connectivity index (χ2n) is 4.99. The van der Waals surface area contributed by atoms with E-state index in [-0.39, 0.29) is 0 Å². The lowest BCUT2D eigenvalue weighted by Crippen LogP contribution is -2.26. The van der Waals surface area contributed by atoms with Crippen LogP contribution in [-0.2, 0) is 19.9 Å². The van der Waals surface area contributed by atoms with Crippen molar-refractivity contribution >= 4 is 21.0 Å². The second-order valence-corrected chi connectivity index (χ2v) is 6.57. The molecule has 0 saturated heterocycles. The summed E-state index contributed by atoms with van der Waals surface area (Å²) in [7, 11) is -3.57. The predicted octanol–water partition coefficient (Wildman–Crippen LogP) is 2.15. The lowest BCUT2D eigenvalue weighted by atomic mass is 9.99. The zero-order valence-corrected chi connectivity index (χ0v) is 12.2. The van der Waals surface area contributed by atoms with Gasteiger partial charge in [-0.3, -0.25) is 4.18 Å². The van der Waals surface area contributed by atoms with Crippen molar-refractivity contribution in [1.29, 1.82) is 0 Å². The van der Waals surface area contributed by atoms with Crippen molar-refractivity contribution in [3.05, 3.63) is 35.8 Å². The number of hydrogen-bond donors (Lipinski definition) is 0. The van der Waals surface area contributed by atoms with Gasteiger partial charge in [0.15, 0.2) is 0 Å². The first-order valence-electron chi connectivity index (χ1n) is 5.82. The van der Waals surface area contributed by atoms with Gasteiger partial charge >= 0.3 is 0 Å². The lowest BCUT2D eigenvalue weighted by molar-refractivity contribution is 0.116. The molecule has 1 heterocycles. The molecule has 0 fully saturated rings. The molecule has 102 valence electrons. The Morgan fingerprint density at radius 2 is 1.89 bits per heavy atom. The number of fused-ring (bicyclic) bond motifs is 1. The van der Waals surface area contributed by atoms with Crippen LogP contribution in [0.15, 0.2) is 24.5 Å². The van der Waals surface area contributed by atoms with Crippen LogP contribution in [0.3, 0.4) is 0 Å². The number of hydrogen-bond acceptors (Lipinski definition) is 5. The van der Waals surface area contributed by atoms with E-state index in [1.54, 1.807) is 13.8 Å². The van der Waals surface area contributed by atoms with E-state index in [0.717, 1.165) is 22.7 Å². The molecule has 1 aromatic heterocycles. The van der Waals surface area contributed by atoms with E-state index < -0.39 is 15.7 Å². The van der Waals surface area contributed by atoms with Crippen LogP contribution >= 0.6 is 0 Å². The van der Waals surface area contributed by atoms with Crippen molar-refractivity contribution in [2.24, 2.45) is 0 Å². The van der Waals surface area contributed by atoms with E-state index in [1.807, 2.05) is 25.1 Å². The summed E-state index contributed by atoms with van der Waals surface area (Å²) in [5, 5.41) is 0.802. The number of rotatable bonds is 3. The van der Waals surface area contributed by atoms with Gasteiger partial charge in [-0.2, -0.15) is 8.42 Å². The van der Waals surface area contributed by atoms with Gasteiger partial charge in [-0.15, -0.1) is 0 Å². The average Bonchev–Trinajstić information content (AvgIpc) is 2.25. The van der Waals surface area contributed by atoms with Crippen molar-refractivity contribution in [2.45, 2.75) is 26.4 Å². The van der Waals surface area contributed by atoms with Crippen LogP contribution in [0.5, 0.6) is 0 Å². The van der Waals surface area contributed by atoms with Crippen LogP contribution in [0.2, 0.25) is 0 Å². The monoisotopic (exact) mass is 280 g/mol. The average molecular weight is 280 g/mol. The number of para-hydroxylation sites is 1. The van der Waals surface area contributed by atoms with Gasteiger partial charge in [-0.25, -0.2) is 9.97 Å². The molecule has 0 spiro atoms. The maximum atomic E-state index is 11.4. The minimum absolute atomic E-state index is 0.562. The maximum Gasteiger partial charge on any atom is 0.265 e. The van der Waals surface area contributed by atoms with Crippen LogP contribution in [0.25, 0.3) is 10.9 Å². The van der Waals surface area contributed by atoms with Gasteiger partial charge in [-0.05, 0) is 26.3 Å². The maximum absolute atomic E-state index is 11.4. The zero-order chi connectivity index (χ0) is 14.3. The summed E-state index contributed by atoms with van der Waals surface area (Å²) in [5.41, 5.74) is 1.34. The third-order valence-electron chi connectivity index (χ3n) is 2.80. The highest BCUT2D eigenvalue weighted by Crippen LogP contribution is 2.30. The van der Waals surface area contributed by atoms with E-state index in [1.165, 1.54) is 6.33 Å². The third-order valence-corrected chi connectivity index (χ3v) is 3.52. The normalized spacial score (nSPS) is 12.8. The molecule has 0 saturated carbocycles. The standard InChI is InChI=1S/C13H16N2O3S/c1-9-6-5-7-10-11(9)14-8-15-12(10)13(2,3)18-19(4,16)17/h5-8H,1-4H3. The third kappa shape index (κ3) is 2.90. The summed E-state index contributed by atoms with van der Waals surface area (Å²) in [6.45, 7) is 5.31. The molecule has 0 atom stereocenters. The fraction of sp³-hybridized carbons (Fsp3) is 0.385. The van der Waals surface area contributed by atoms with Crippen LogP contribution in [0.1, 0.15) is 25.1 Å². The molecule has 0 aliphatic carbocycles. The highest BCUT2D eigenvalue weighted by molar-refractivity contribution is 7.86. The summed E-state index contributed by atoms with van der Waals surface area (Å²) >= 11 is 0. The van der Waals surface area contributed by atoms with E-state index in [4.69, 9.17) is 4.18 Å². The molecule has 1 aromatic carbocycles. The van der Waals surface area contributed by atoms with Crippen LogP contribution in [-0.4, -0.2) is 24.6 Å². The van der Waals surface area contributed by atoms with Gasteiger partial charge in [0, 0.05) is 5.39 Å². The minimum atomic E-state index is -3.57. The Morgan fingerprint density at radius 1 is 1.21 bits per heavy atom. The van der Waals surface area contributed by atoms with E-state index in [2.05, 4.69) is 9.97 Å². The van der Waals surface area contributed by atoms with Crippen molar-refractivity contribution in [3.63, 3.8) is 0 Å². The van der Waals surface area contributed by atoms with Crippen molar-refractivity contribution in [3.8, 4) is 0 Å². The van der Waals surface area contributed by atoms with Crippen molar-refractivity contribution in [2.75, 3.05) is 6.26 Å². The Labute approximate surface area is 112 Å². The number of aryl methyl sites for hydroxylation is 1. The highest BCUT2D eigenvalue weighted by atomic mass is 32.2. The first-order valence-corrected chi connectivity index (χ1v) is 7.64. The Hall–Kier alpha value is -1.53. The molecular weight excluding hydrogens is 264 g/mol. The Balaban J connectivity index is 2.66. The molecule has 0 amide bonds. The molecule has 0 radical (unpaired) electrons. The van der Waals surface area contributed by atoms with Gasteiger partial charge < -0.3 is 0 Å². The van der Waals surface area contributed by atoms with Gasteiger partial charge in [-0.1, -0.05) is 18.2 Å². The Kier molecular flexibility index (Phi) is 3.32. The van der Waals surface area contributed by atoms with Crippen LogP contribution < -0.4 is 0 Å². The summed E-state index contributed by atoms with van der Waals surface area (Å²) < 4.78 is 27.9. The van der Waals surface area contributed by atoms with Gasteiger partial charge in [0.2, 0.25) is 0 Å². The lowest BCUT2D eigenvalue weighted by Gasteiger charge is -2.24. The summed E-state index contributed by atoms with van der Waals surface area (Å²) in [6, 6.07) is 5.70. The van der Waals surface area contributed by atoms with Crippen molar-refractivity contribution in [1.82, 2.24) is 9.97 Å². The largest absolute Gasteiger partial charge is 0.265 e. The second kappa shape index (κ2) is 4.54. The predicted molar refractivity (Wildman–Crippen MR) is 73.2 cm³/mol. The summed E-state index contributed by atoms with van der Waals surface area (Å²) in [6.07, 6.45) is 2.46. The quantitative estimate of drug-likeness (QED) is 0.806. The number of aromatic nitrogens is 2. The molecule has 0 N–H and O–H groups in total. The molecule has 2 rings (SSSR count). The van der Waals surface area contributed by atoms with Crippen LogP contribution in [0.4, 0.5) is 0 Å². The van der Waals surface area contributed by atoms with Gasteiger partial charge in [0.05, 0.1) is 17.5 Å². The van der Waals surface area contributed by atoms with E-state index in [9.17, 15) is 8.42 Å². The van der Waals surface area contributed by atoms with E-state index in [0.29, 0.717) is 5.69 Å². The highest BCUT2D eigenvalue weighted by Gasteiger charge is 2.30. The van der Waals surface area contributed by atoms with Crippen LogP contribution in [0, 0.1) is 6.92 Å². The summed E-state index contributed by atoms with van der Waals surface area (Å²) in [5.74, 6) is 0. The molecule has 0 unspecified atom stereocenters. The fourth-order valence-electron chi connectivity index (χ4n) is 2.13. The molecule has 0 aliphatic heterocycles. The molecule has 5 nitrogen and oxygen atoms in total. The molecule has 19 heavy (non-hydrogen) atoms. The zero-order valence-electron chi connectivity index (χ0n) is 11.3. The smallest absolute Gasteiger partial charge is 0.258 e. The van der Waals surface area contributed by atoms with Gasteiger partial charge in [0.1, 0.15) is 11.9 Å². The molecule has 2 aromatic rings. The van der Waals surface area contributed by atoms with E-state index >= 15 is 0 Å². The first kappa shape index (κ1) is 13.9. The molecule has 6 heteroatoms. The van der Waals surface area contributed by atoms with Gasteiger partial charge in [0.25, 0.3) is 10.1 Å². The van der Waals surface area contributed by atoms with Crippen molar-refractivity contribution < 1.29 is 12.6 Å². The first-order chi connectivity index (χ1) is 8.71. The SMILES string of the molecule is Cc1cccc2c(C(C)(C)OS(C)(=O)=O)ncnc12. The molecule has 0 bridgehead atoms. The number of benzene rings is 1. The molecular formula is C13H16N2O3S. The summed E-state index contributed by atoms with van der Waals surface area (Å²) in [4.78, 5) is 8.44. The Morgan fingerprint density at radius 3 is 2.53 bits per heavy atom. The number of nitrogens with zero attached hydrogens (tertiary/aromatic N) is 2. The fourth-order valence-corrected chi connectivity index (χ4v) is 2.97. The topological polar surface area (TPSA) is 69.2 Å².